The van der Waals surface area contributed by atoms with Gasteiger partial charge in [0.25, 0.3) is 0 Å². The molecule has 0 aromatic carbocycles. The van der Waals surface area contributed by atoms with Crippen LogP contribution in [-0.4, -0.2) is 37.2 Å². The van der Waals surface area contributed by atoms with Crippen LogP contribution in [0.25, 0.3) is 0 Å². The Morgan fingerprint density at radius 1 is 0.404 bits per heavy atom. The largest absolute Gasteiger partial charge is 0.462 e. The number of ether oxygens (including phenoxy) is 3. The molecule has 52 heavy (non-hydrogen) atoms. The molecule has 6 heteroatoms. The summed E-state index contributed by atoms with van der Waals surface area (Å²) in [6.45, 7) is 6.42. The van der Waals surface area contributed by atoms with Crippen LogP contribution in [0.2, 0.25) is 0 Å². The maximum absolute atomic E-state index is 12.7. The molecule has 0 aliphatic rings. The highest BCUT2D eigenvalue weighted by Gasteiger charge is 2.19. The number of rotatable bonds is 38. The molecule has 0 fully saturated rings. The highest BCUT2D eigenvalue weighted by atomic mass is 16.6. The molecule has 0 rings (SSSR count). The van der Waals surface area contributed by atoms with Crippen LogP contribution in [-0.2, 0) is 28.6 Å². The summed E-state index contributed by atoms with van der Waals surface area (Å²) >= 11 is 0. The zero-order valence-corrected chi connectivity index (χ0v) is 34.1. The molecule has 0 aromatic heterocycles. The van der Waals surface area contributed by atoms with Crippen molar-refractivity contribution in [3.63, 3.8) is 0 Å². The van der Waals surface area contributed by atoms with E-state index in [1.165, 1.54) is 64.2 Å². The van der Waals surface area contributed by atoms with E-state index in [0.717, 1.165) is 103 Å². The van der Waals surface area contributed by atoms with Gasteiger partial charge in [-0.2, -0.15) is 0 Å². The minimum Gasteiger partial charge on any atom is -0.462 e. The Hall–Kier alpha value is -2.63. The first-order valence-electron chi connectivity index (χ1n) is 21.6. The third-order valence-electron chi connectivity index (χ3n) is 9.07. The molecule has 0 spiro atoms. The molecule has 0 aromatic rings. The monoisotopic (exact) mass is 729 g/mol. The first-order valence-corrected chi connectivity index (χ1v) is 21.6. The summed E-state index contributed by atoms with van der Waals surface area (Å²) in [4.78, 5) is 37.6. The van der Waals surface area contributed by atoms with Gasteiger partial charge in [0.2, 0.25) is 0 Å². The molecule has 0 radical (unpaired) electrons. The molecule has 1 unspecified atom stereocenters. The van der Waals surface area contributed by atoms with Crippen molar-refractivity contribution < 1.29 is 28.6 Å². The molecular weight excluding hydrogens is 648 g/mol. The SMILES string of the molecule is CC/C=C\C/C=C\C/C=C\CCCCCCC(=O)OCC(COC(=O)CCCCCCCCCCC)OC(=O)CCCCCCC/C=C\CCCC. The van der Waals surface area contributed by atoms with E-state index in [9.17, 15) is 14.4 Å². The fraction of sp³-hybridized carbons (Fsp3) is 0.761. The Labute approximate surface area is 320 Å². The van der Waals surface area contributed by atoms with Crippen LogP contribution in [0, 0.1) is 0 Å². The topological polar surface area (TPSA) is 78.9 Å². The van der Waals surface area contributed by atoms with Gasteiger partial charge in [-0.3, -0.25) is 14.4 Å². The van der Waals surface area contributed by atoms with Crippen LogP contribution < -0.4 is 0 Å². The van der Waals surface area contributed by atoms with Gasteiger partial charge in [-0.25, -0.2) is 0 Å². The predicted octanol–water partition coefficient (Wildman–Crippen LogP) is 13.6. The third-order valence-corrected chi connectivity index (χ3v) is 9.07. The fourth-order valence-corrected chi connectivity index (χ4v) is 5.79. The molecular formula is C46H80O6. The van der Waals surface area contributed by atoms with Crippen molar-refractivity contribution >= 4 is 17.9 Å². The molecule has 0 aliphatic heterocycles. The quantitative estimate of drug-likeness (QED) is 0.0272. The Morgan fingerprint density at radius 2 is 0.769 bits per heavy atom. The number of allylic oxidation sites excluding steroid dienone is 8. The van der Waals surface area contributed by atoms with Crippen LogP contribution in [0.4, 0.5) is 0 Å². The lowest BCUT2D eigenvalue weighted by Crippen LogP contribution is -2.30. The third kappa shape index (κ3) is 38.6. The lowest BCUT2D eigenvalue weighted by atomic mass is 10.1. The second-order valence-corrected chi connectivity index (χ2v) is 14.2. The first kappa shape index (κ1) is 49.4. The van der Waals surface area contributed by atoms with Gasteiger partial charge in [-0.1, -0.05) is 166 Å². The minimum absolute atomic E-state index is 0.0831. The fourth-order valence-electron chi connectivity index (χ4n) is 5.79. The van der Waals surface area contributed by atoms with Crippen LogP contribution in [0.3, 0.4) is 0 Å². The van der Waals surface area contributed by atoms with Crippen molar-refractivity contribution in [1.29, 1.82) is 0 Å². The normalized spacial score (nSPS) is 12.4. The van der Waals surface area contributed by atoms with E-state index < -0.39 is 6.10 Å². The number of hydrogen-bond acceptors (Lipinski definition) is 6. The van der Waals surface area contributed by atoms with Crippen molar-refractivity contribution in [2.75, 3.05) is 13.2 Å². The van der Waals surface area contributed by atoms with E-state index in [-0.39, 0.29) is 31.1 Å². The maximum atomic E-state index is 12.7. The van der Waals surface area contributed by atoms with Gasteiger partial charge < -0.3 is 14.2 Å². The summed E-state index contributed by atoms with van der Waals surface area (Å²) in [7, 11) is 0. The zero-order chi connectivity index (χ0) is 38.0. The lowest BCUT2D eigenvalue weighted by Gasteiger charge is -2.18. The van der Waals surface area contributed by atoms with Crippen LogP contribution in [0.15, 0.2) is 48.6 Å². The Balaban J connectivity index is 4.41. The summed E-state index contributed by atoms with van der Waals surface area (Å²) in [5.74, 6) is -0.923. The number of carbonyl (C=O) groups is 3. The average Bonchev–Trinajstić information content (AvgIpc) is 3.14. The highest BCUT2D eigenvalue weighted by Crippen LogP contribution is 2.13. The molecule has 0 heterocycles. The molecule has 6 nitrogen and oxygen atoms in total. The van der Waals surface area contributed by atoms with Crippen LogP contribution >= 0.6 is 0 Å². The summed E-state index contributed by atoms with van der Waals surface area (Å²) < 4.78 is 16.6. The number of esters is 3. The summed E-state index contributed by atoms with van der Waals surface area (Å²) in [5, 5.41) is 0. The zero-order valence-electron chi connectivity index (χ0n) is 34.1. The van der Waals surface area contributed by atoms with E-state index >= 15 is 0 Å². The summed E-state index contributed by atoms with van der Waals surface area (Å²) in [6, 6.07) is 0. The Bertz CT molecular complexity index is 933. The molecule has 1 atom stereocenters. The average molecular weight is 729 g/mol. The standard InChI is InChI=1S/C46H80O6/c1-4-7-10-13-16-19-21-22-23-25-27-30-33-36-39-45(48)51-42-43(41-50-44(47)38-35-32-29-26-18-15-12-9-6-3)52-46(49)40-37-34-31-28-24-20-17-14-11-8-5-2/h7,10,14,16-17,19,22-23,43H,4-6,8-9,11-13,15,18,20-21,24-42H2,1-3H3/b10-7-,17-14-,19-16-,23-22-. The molecule has 0 amide bonds. The second-order valence-electron chi connectivity index (χ2n) is 14.2. The lowest BCUT2D eigenvalue weighted by molar-refractivity contribution is -0.167. The van der Waals surface area contributed by atoms with Gasteiger partial charge in [0, 0.05) is 19.3 Å². The van der Waals surface area contributed by atoms with Gasteiger partial charge in [-0.05, 0) is 70.6 Å². The number of unbranched alkanes of at least 4 members (excludes halogenated alkanes) is 19. The second kappa shape index (κ2) is 41.1. The van der Waals surface area contributed by atoms with Crippen molar-refractivity contribution in [3.05, 3.63) is 48.6 Å². The Kier molecular flexibility index (Phi) is 39.1. The predicted molar refractivity (Wildman–Crippen MR) is 219 cm³/mol. The van der Waals surface area contributed by atoms with Crippen LogP contribution in [0.1, 0.15) is 207 Å². The molecule has 0 aliphatic carbocycles. The van der Waals surface area contributed by atoms with E-state index in [4.69, 9.17) is 14.2 Å². The van der Waals surface area contributed by atoms with E-state index in [0.29, 0.717) is 19.3 Å². The van der Waals surface area contributed by atoms with Crippen molar-refractivity contribution in [1.82, 2.24) is 0 Å². The van der Waals surface area contributed by atoms with Gasteiger partial charge in [0.05, 0.1) is 0 Å². The molecule has 0 saturated heterocycles. The Morgan fingerprint density at radius 3 is 1.25 bits per heavy atom. The highest BCUT2D eigenvalue weighted by molar-refractivity contribution is 5.71. The number of carbonyl (C=O) groups excluding carboxylic acids is 3. The first-order chi connectivity index (χ1) is 25.5. The minimum atomic E-state index is -0.780. The van der Waals surface area contributed by atoms with Crippen LogP contribution in [0.5, 0.6) is 0 Å². The van der Waals surface area contributed by atoms with Crippen molar-refractivity contribution in [2.45, 2.75) is 213 Å². The van der Waals surface area contributed by atoms with E-state index in [2.05, 4.69) is 69.4 Å². The maximum Gasteiger partial charge on any atom is 0.306 e. The van der Waals surface area contributed by atoms with Gasteiger partial charge in [-0.15, -0.1) is 0 Å². The summed E-state index contributed by atoms with van der Waals surface area (Å²) in [5.41, 5.74) is 0. The van der Waals surface area contributed by atoms with E-state index in [1.807, 2.05) is 0 Å². The van der Waals surface area contributed by atoms with E-state index in [1.54, 1.807) is 0 Å². The molecule has 0 bridgehead atoms. The van der Waals surface area contributed by atoms with Crippen molar-refractivity contribution in [2.24, 2.45) is 0 Å². The van der Waals surface area contributed by atoms with Gasteiger partial charge >= 0.3 is 17.9 Å². The van der Waals surface area contributed by atoms with Crippen molar-refractivity contribution in [3.8, 4) is 0 Å². The van der Waals surface area contributed by atoms with Gasteiger partial charge in [0.1, 0.15) is 13.2 Å². The molecule has 0 saturated carbocycles. The number of hydrogen-bond donors (Lipinski definition) is 0. The molecule has 0 N–H and O–H groups in total. The molecule has 300 valence electrons. The summed E-state index contributed by atoms with van der Waals surface area (Å²) in [6.07, 6.45) is 46.6. The van der Waals surface area contributed by atoms with Gasteiger partial charge in [0.15, 0.2) is 6.10 Å². The smallest absolute Gasteiger partial charge is 0.306 e.